The van der Waals surface area contributed by atoms with Crippen molar-refractivity contribution in [1.82, 2.24) is 0 Å². The number of aliphatic hydroxyl groups excluding tert-OH is 1. The highest BCUT2D eigenvalue weighted by Crippen LogP contribution is 2.34. The summed E-state index contributed by atoms with van der Waals surface area (Å²) in [5, 5.41) is 13.4. The highest BCUT2D eigenvalue weighted by Gasteiger charge is 2.19. The number of anilines is 1. The van der Waals surface area contributed by atoms with Gasteiger partial charge in [-0.15, -0.1) is 11.8 Å². The molecule has 0 fully saturated rings. The maximum atomic E-state index is 12.3. The molecule has 2 N–H and O–H groups in total. The number of aliphatic hydroxyl groups is 1. The van der Waals surface area contributed by atoms with Gasteiger partial charge in [-0.05, 0) is 24.6 Å². The van der Waals surface area contributed by atoms with Crippen molar-refractivity contribution in [2.75, 3.05) is 11.1 Å². The number of rotatable bonds is 6. The second kappa shape index (κ2) is 8.97. The smallest absolute Gasteiger partial charge is 0.237 e. The molecule has 0 bridgehead atoms. The van der Waals surface area contributed by atoms with E-state index >= 15 is 0 Å². The predicted octanol–water partition coefficient (Wildman–Crippen LogP) is 5.44. The van der Waals surface area contributed by atoms with E-state index in [1.165, 1.54) is 23.9 Å². The van der Waals surface area contributed by atoms with E-state index in [-0.39, 0.29) is 21.2 Å². The van der Waals surface area contributed by atoms with Crippen LogP contribution in [0.25, 0.3) is 0 Å². The lowest BCUT2D eigenvalue weighted by atomic mass is 10.1. The van der Waals surface area contributed by atoms with Crippen LogP contribution in [0.3, 0.4) is 0 Å². The zero-order chi connectivity index (χ0) is 17.7. The molecule has 24 heavy (non-hydrogen) atoms. The van der Waals surface area contributed by atoms with Crippen molar-refractivity contribution in [3.63, 3.8) is 0 Å². The van der Waals surface area contributed by atoms with E-state index in [0.717, 1.165) is 5.56 Å². The molecule has 2 unspecified atom stereocenters. The Morgan fingerprint density at radius 2 is 1.75 bits per heavy atom. The van der Waals surface area contributed by atoms with Gasteiger partial charge in [0.05, 0.1) is 27.1 Å². The molecule has 0 aliphatic carbocycles. The number of halogens is 3. The Morgan fingerprint density at radius 1 is 1.17 bits per heavy atom. The van der Waals surface area contributed by atoms with Gasteiger partial charge in [-0.2, -0.15) is 0 Å². The van der Waals surface area contributed by atoms with Gasteiger partial charge in [-0.3, -0.25) is 4.79 Å². The fraction of sp³-hybridized carbons (Fsp3) is 0.235. The minimum Gasteiger partial charge on any atom is -0.388 e. The summed E-state index contributed by atoms with van der Waals surface area (Å²) >= 11 is 19.3. The van der Waals surface area contributed by atoms with E-state index in [2.05, 4.69) is 5.32 Å². The quantitative estimate of drug-likeness (QED) is 0.674. The van der Waals surface area contributed by atoms with Crippen molar-refractivity contribution >= 4 is 58.2 Å². The molecule has 2 aromatic rings. The highest BCUT2D eigenvalue weighted by molar-refractivity contribution is 8.00. The summed E-state index contributed by atoms with van der Waals surface area (Å²) in [6.45, 7) is 1.76. The molecule has 0 aromatic heterocycles. The minimum absolute atomic E-state index is 0.244. The number of carbonyl (C=O) groups is 1. The summed E-state index contributed by atoms with van der Waals surface area (Å²) in [7, 11) is 0. The largest absolute Gasteiger partial charge is 0.388 e. The molecular formula is C17H16Cl3NO2S. The molecule has 128 valence electrons. The molecule has 2 atom stereocenters. The zero-order valence-corrected chi connectivity index (χ0v) is 15.9. The van der Waals surface area contributed by atoms with Crippen LogP contribution >= 0.6 is 46.6 Å². The van der Waals surface area contributed by atoms with Crippen LogP contribution in [0.15, 0.2) is 42.5 Å². The molecule has 0 spiro atoms. The lowest BCUT2D eigenvalue weighted by Crippen LogP contribution is -2.23. The summed E-state index contributed by atoms with van der Waals surface area (Å²) in [6.07, 6.45) is -0.630. The van der Waals surface area contributed by atoms with Crippen LogP contribution in [0, 0.1) is 0 Å². The van der Waals surface area contributed by atoms with Crippen molar-refractivity contribution in [3.05, 3.63) is 63.1 Å². The van der Waals surface area contributed by atoms with E-state index in [0.29, 0.717) is 16.5 Å². The lowest BCUT2D eigenvalue weighted by Gasteiger charge is -2.16. The standard InChI is InChI=1S/C17H16Cl3NO2S/c1-10(24-9-15(22)11-5-3-2-4-6-11)17(23)21-16-13(19)7-12(18)8-14(16)20/h2-8,10,15,22H,9H2,1H3,(H,21,23). The first-order valence-electron chi connectivity index (χ1n) is 7.18. The maximum absolute atomic E-state index is 12.3. The molecule has 3 nitrogen and oxygen atoms in total. The summed E-state index contributed by atoms with van der Waals surface area (Å²) in [5.74, 6) is 0.159. The third kappa shape index (κ3) is 5.30. The number of nitrogens with one attached hydrogen (secondary N) is 1. The number of amides is 1. The van der Waals surface area contributed by atoms with Crippen molar-refractivity contribution in [2.45, 2.75) is 18.3 Å². The fourth-order valence-electron chi connectivity index (χ4n) is 1.97. The molecule has 2 aromatic carbocycles. The molecular weight excluding hydrogens is 389 g/mol. The Labute approximate surface area is 160 Å². The Hall–Kier alpha value is -0.910. The third-order valence-electron chi connectivity index (χ3n) is 3.31. The summed E-state index contributed by atoms with van der Waals surface area (Å²) < 4.78 is 0. The summed E-state index contributed by atoms with van der Waals surface area (Å²) in [6, 6.07) is 12.3. The van der Waals surface area contributed by atoms with Gasteiger partial charge in [-0.25, -0.2) is 0 Å². The molecule has 7 heteroatoms. The Balaban J connectivity index is 1.93. The number of hydrogen-bond donors (Lipinski definition) is 2. The predicted molar refractivity (Wildman–Crippen MR) is 103 cm³/mol. The Morgan fingerprint density at radius 3 is 2.33 bits per heavy atom. The van der Waals surface area contributed by atoms with E-state index in [1.807, 2.05) is 30.3 Å². The molecule has 2 rings (SSSR count). The molecule has 0 saturated carbocycles. The monoisotopic (exact) mass is 403 g/mol. The molecule has 0 aliphatic heterocycles. The molecule has 1 amide bonds. The molecule has 0 radical (unpaired) electrons. The van der Waals surface area contributed by atoms with E-state index in [9.17, 15) is 9.90 Å². The first-order chi connectivity index (χ1) is 11.4. The second-order valence-corrected chi connectivity index (χ2v) is 7.76. The van der Waals surface area contributed by atoms with Crippen LogP contribution < -0.4 is 5.32 Å². The van der Waals surface area contributed by atoms with E-state index in [1.54, 1.807) is 6.92 Å². The lowest BCUT2D eigenvalue weighted by molar-refractivity contribution is -0.115. The average Bonchev–Trinajstić information content (AvgIpc) is 2.56. The van der Waals surface area contributed by atoms with Gasteiger partial charge in [-0.1, -0.05) is 65.1 Å². The molecule has 0 heterocycles. The third-order valence-corrected chi connectivity index (χ3v) is 5.35. The van der Waals surface area contributed by atoms with Crippen LogP contribution in [0.1, 0.15) is 18.6 Å². The average molecular weight is 405 g/mol. The summed E-state index contributed by atoms with van der Waals surface area (Å²) in [5.41, 5.74) is 1.16. The van der Waals surface area contributed by atoms with Gasteiger partial charge in [0.15, 0.2) is 0 Å². The summed E-state index contributed by atoms with van der Waals surface area (Å²) in [4.78, 5) is 12.3. The fourth-order valence-corrected chi connectivity index (χ4v) is 3.75. The first kappa shape index (κ1) is 19.4. The van der Waals surface area contributed by atoms with Gasteiger partial charge in [0.2, 0.25) is 5.91 Å². The van der Waals surface area contributed by atoms with Gasteiger partial charge in [0, 0.05) is 10.8 Å². The zero-order valence-electron chi connectivity index (χ0n) is 12.8. The van der Waals surface area contributed by atoms with Crippen molar-refractivity contribution in [3.8, 4) is 0 Å². The van der Waals surface area contributed by atoms with E-state index in [4.69, 9.17) is 34.8 Å². The van der Waals surface area contributed by atoms with Gasteiger partial charge >= 0.3 is 0 Å². The normalized spacial score (nSPS) is 13.4. The molecule has 0 aliphatic rings. The van der Waals surface area contributed by atoms with Crippen LogP contribution in [0.5, 0.6) is 0 Å². The van der Waals surface area contributed by atoms with Crippen LogP contribution in [0.2, 0.25) is 15.1 Å². The Bertz CT molecular complexity index is 689. The van der Waals surface area contributed by atoms with E-state index < -0.39 is 6.10 Å². The van der Waals surface area contributed by atoms with Crippen molar-refractivity contribution in [1.29, 1.82) is 0 Å². The number of thioether (sulfide) groups is 1. The van der Waals surface area contributed by atoms with Crippen molar-refractivity contribution < 1.29 is 9.90 Å². The SMILES string of the molecule is CC(SCC(O)c1ccccc1)C(=O)Nc1c(Cl)cc(Cl)cc1Cl. The highest BCUT2D eigenvalue weighted by atomic mass is 35.5. The van der Waals surface area contributed by atoms with Crippen molar-refractivity contribution in [2.24, 2.45) is 0 Å². The molecule has 0 saturated heterocycles. The Kier molecular flexibility index (Phi) is 7.26. The minimum atomic E-state index is -0.630. The maximum Gasteiger partial charge on any atom is 0.237 e. The van der Waals surface area contributed by atoms with Crippen LogP contribution in [-0.2, 0) is 4.79 Å². The first-order valence-corrected chi connectivity index (χ1v) is 9.36. The van der Waals surface area contributed by atoms with Gasteiger partial charge in [0.1, 0.15) is 0 Å². The van der Waals surface area contributed by atoms with Gasteiger partial charge in [0.25, 0.3) is 0 Å². The van der Waals surface area contributed by atoms with Gasteiger partial charge < -0.3 is 10.4 Å². The topological polar surface area (TPSA) is 49.3 Å². The number of hydrogen-bond acceptors (Lipinski definition) is 3. The number of benzene rings is 2. The van der Waals surface area contributed by atoms with Crippen LogP contribution in [-0.4, -0.2) is 22.0 Å². The number of carbonyl (C=O) groups excluding carboxylic acids is 1. The van der Waals surface area contributed by atoms with Crippen LogP contribution in [0.4, 0.5) is 5.69 Å². The second-order valence-electron chi connectivity index (χ2n) is 5.14.